The molecular formula is C10H11Cl2N3O. The van der Waals surface area contributed by atoms with Crippen LogP contribution in [0.2, 0.25) is 5.02 Å². The van der Waals surface area contributed by atoms with Crippen molar-refractivity contribution in [3.8, 4) is 17.0 Å². The van der Waals surface area contributed by atoms with Crippen molar-refractivity contribution in [2.24, 2.45) is 0 Å². The predicted octanol–water partition coefficient (Wildman–Crippen LogP) is 2.74. The number of rotatable bonds is 2. The monoisotopic (exact) mass is 259 g/mol. The van der Waals surface area contributed by atoms with Crippen LogP contribution in [0.5, 0.6) is 5.75 Å². The molecule has 0 spiro atoms. The first-order valence-electron chi connectivity index (χ1n) is 4.35. The lowest BCUT2D eigenvalue weighted by Crippen LogP contribution is -1.85. The van der Waals surface area contributed by atoms with Gasteiger partial charge >= 0.3 is 0 Å². The molecule has 0 saturated carbocycles. The van der Waals surface area contributed by atoms with E-state index >= 15 is 0 Å². The Morgan fingerprint density at radius 3 is 2.62 bits per heavy atom. The molecule has 3 N–H and O–H groups in total. The average Bonchev–Trinajstić information content (AvgIpc) is 2.65. The highest BCUT2D eigenvalue weighted by Crippen LogP contribution is 2.29. The summed E-state index contributed by atoms with van der Waals surface area (Å²) in [5.41, 5.74) is 7.26. The molecule has 2 rings (SSSR count). The van der Waals surface area contributed by atoms with Gasteiger partial charge in [0, 0.05) is 11.6 Å². The van der Waals surface area contributed by atoms with Crippen molar-refractivity contribution in [1.82, 2.24) is 10.2 Å². The summed E-state index contributed by atoms with van der Waals surface area (Å²) in [4.78, 5) is 0. The van der Waals surface area contributed by atoms with Crippen molar-refractivity contribution in [1.29, 1.82) is 0 Å². The van der Waals surface area contributed by atoms with Crippen LogP contribution in [0.1, 0.15) is 0 Å². The van der Waals surface area contributed by atoms with E-state index in [0.29, 0.717) is 16.6 Å². The minimum atomic E-state index is 0. The number of ether oxygens (including phenoxy) is 1. The van der Waals surface area contributed by atoms with E-state index < -0.39 is 0 Å². The minimum Gasteiger partial charge on any atom is -0.495 e. The summed E-state index contributed by atoms with van der Waals surface area (Å²) in [7, 11) is 1.58. The van der Waals surface area contributed by atoms with Gasteiger partial charge in [0.25, 0.3) is 0 Å². The Morgan fingerprint density at radius 2 is 2.12 bits per heavy atom. The largest absolute Gasteiger partial charge is 0.495 e. The smallest absolute Gasteiger partial charge is 0.145 e. The second-order valence-electron chi connectivity index (χ2n) is 3.06. The number of aromatic amines is 1. The van der Waals surface area contributed by atoms with E-state index in [4.69, 9.17) is 22.1 Å². The van der Waals surface area contributed by atoms with E-state index in [1.807, 2.05) is 6.07 Å². The van der Waals surface area contributed by atoms with Crippen LogP contribution in [0.15, 0.2) is 24.3 Å². The van der Waals surface area contributed by atoms with Gasteiger partial charge in [0.2, 0.25) is 0 Å². The van der Waals surface area contributed by atoms with Crippen LogP contribution in [0, 0.1) is 0 Å². The van der Waals surface area contributed by atoms with E-state index in [-0.39, 0.29) is 12.4 Å². The highest BCUT2D eigenvalue weighted by Gasteiger charge is 2.05. The van der Waals surface area contributed by atoms with Crippen LogP contribution in [0.25, 0.3) is 11.3 Å². The van der Waals surface area contributed by atoms with Crippen LogP contribution < -0.4 is 10.5 Å². The van der Waals surface area contributed by atoms with Crippen LogP contribution >= 0.6 is 24.0 Å². The number of H-pyrrole nitrogens is 1. The molecule has 0 fully saturated rings. The zero-order chi connectivity index (χ0) is 10.8. The molecule has 0 aliphatic rings. The first-order valence-corrected chi connectivity index (χ1v) is 4.73. The Balaban J connectivity index is 0.00000128. The summed E-state index contributed by atoms with van der Waals surface area (Å²) in [6, 6.07) is 7.23. The lowest BCUT2D eigenvalue weighted by Gasteiger charge is -2.04. The number of nitrogen functional groups attached to an aromatic ring is 1. The first kappa shape index (κ1) is 12.7. The zero-order valence-electron chi connectivity index (χ0n) is 8.53. The third kappa shape index (κ3) is 2.40. The summed E-state index contributed by atoms with van der Waals surface area (Å²) in [5.74, 6) is 1.10. The first-order chi connectivity index (χ1) is 7.20. The molecule has 6 heteroatoms. The molecule has 0 radical (unpaired) electrons. The molecule has 16 heavy (non-hydrogen) atoms. The number of halogens is 2. The lowest BCUT2D eigenvalue weighted by molar-refractivity contribution is 0.415. The number of hydrogen-bond acceptors (Lipinski definition) is 3. The molecule has 0 atom stereocenters. The molecule has 0 aliphatic carbocycles. The maximum Gasteiger partial charge on any atom is 0.145 e. The van der Waals surface area contributed by atoms with Gasteiger partial charge in [0.1, 0.15) is 11.6 Å². The maximum absolute atomic E-state index is 6.00. The Kier molecular flexibility index (Phi) is 4.04. The number of nitrogens with two attached hydrogens (primary N) is 1. The summed E-state index contributed by atoms with van der Waals surface area (Å²) in [5, 5.41) is 7.21. The summed E-state index contributed by atoms with van der Waals surface area (Å²) in [6.07, 6.45) is 0. The Bertz CT molecular complexity index is 485. The van der Waals surface area contributed by atoms with E-state index in [0.717, 1.165) is 11.3 Å². The van der Waals surface area contributed by atoms with E-state index in [9.17, 15) is 0 Å². The molecule has 1 aromatic carbocycles. The predicted molar refractivity (Wildman–Crippen MR) is 67.2 cm³/mol. The highest BCUT2D eigenvalue weighted by atomic mass is 35.5. The molecular weight excluding hydrogens is 249 g/mol. The van der Waals surface area contributed by atoms with Gasteiger partial charge in [-0.1, -0.05) is 11.6 Å². The molecule has 0 bridgehead atoms. The van der Waals surface area contributed by atoms with E-state index in [1.165, 1.54) is 0 Å². The SMILES string of the molecule is COc1ccc(-c2cc(N)n[nH]2)cc1Cl.Cl. The normalized spacial score (nSPS) is 9.62. The molecule has 1 heterocycles. The number of nitrogens with zero attached hydrogens (tertiary/aromatic N) is 1. The number of aromatic nitrogens is 2. The maximum atomic E-state index is 6.00. The van der Waals surface area contributed by atoms with E-state index in [1.54, 1.807) is 25.3 Å². The quantitative estimate of drug-likeness (QED) is 0.872. The molecule has 4 nitrogen and oxygen atoms in total. The fraction of sp³-hybridized carbons (Fsp3) is 0.100. The molecule has 0 unspecified atom stereocenters. The minimum absolute atomic E-state index is 0. The van der Waals surface area contributed by atoms with Crippen molar-refractivity contribution in [2.75, 3.05) is 12.8 Å². The van der Waals surface area contributed by atoms with Crippen LogP contribution in [-0.2, 0) is 0 Å². The van der Waals surface area contributed by atoms with E-state index in [2.05, 4.69) is 10.2 Å². The second kappa shape index (κ2) is 5.09. The third-order valence-corrected chi connectivity index (χ3v) is 2.36. The molecule has 86 valence electrons. The van der Waals surface area contributed by atoms with Gasteiger partial charge < -0.3 is 10.5 Å². The van der Waals surface area contributed by atoms with Gasteiger partial charge in [-0.3, -0.25) is 5.10 Å². The second-order valence-corrected chi connectivity index (χ2v) is 3.46. The van der Waals surface area contributed by atoms with Crippen molar-refractivity contribution in [3.05, 3.63) is 29.3 Å². The number of methoxy groups -OCH3 is 1. The van der Waals surface area contributed by atoms with Crippen LogP contribution in [0.4, 0.5) is 5.82 Å². The average molecular weight is 260 g/mol. The lowest BCUT2D eigenvalue weighted by atomic mass is 10.1. The van der Waals surface area contributed by atoms with Crippen molar-refractivity contribution >= 4 is 29.8 Å². The number of hydrogen-bond donors (Lipinski definition) is 2. The van der Waals surface area contributed by atoms with Gasteiger partial charge in [-0.15, -0.1) is 12.4 Å². The van der Waals surface area contributed by atoms with Crippen molar-refractivity contribution in [3.63, 3.8) is 0 Å². The van der Waals surface area contributed by atoms with Crippen molar-refractivity contribution in [2.45, 2.75) is 0 Å². The molecule has 1 aromatic heterocycles. The van der Waals surface area contributed by atoms with Crippen molar-refractivity contribution < 1.29 is 4.74 Å². The fourth-order valence-corrected chi connectivity index (χ4v) is 1.58. The molecule has 0 amide bonds. The summed E-state index contributed by atoms with van der Waals surface area (Å²) in [6.45, 7) is 0. The zero-order valence-corrected chi connectivity index (χ0v) is 10.1. The molecule has 0 aliphatic heterocycles. The summed E-state index contributed by atoms with van der Waals surface area (Å²) < 4.78 is 5.06. The fourth-order valence-electron chi connectivity index (χ4n) is 1.32. The topological polar surface area (TPSA) is 63.9 Å². The molecule has 2 aromatic rings. The van der Waals surface area contributed by atoms with Gasteiger partial charge in [-0.2, -0.15) is 5.10 Å². The third-order valence-electron chi connectivity index (χ3n) is 2.06. The van der Waals surface area contributed by atoms with Gasteiger partial charge in [0.15, 0.2) is 0 Å². The van der Waals surface area contributed by atoms with Gasteiger partial charge in [-0.05, 0) is 18.2 Å². The highest BCUT2D eigenvalue weighted by molar-refractivity contribution is 6.32. The number of nitrogens with one attached hydrogen (secondary N) is 1. The van der Waals surface area contributed by atoms with Gasteiger partial charge in [0.05, 0.1) is 17.8 Å². The Labute approximate surface area is 104 Å². The number of benzene rings is 1. The number of anilines is 1. The Hall–Kier alpha value is -1.39. The molecule has 0 saturated heterocycles. The van der Waals surface area contributed by atoms with Gasteiger partial charge in [-0.25, -0.2) is 0 Å². The standard InChI is InChI=1S/C10H10ClN3O.ClH/c1-15-9-3-2-6(4-7(9)11)8-5-10(12)14-13-8;/h2-5H,1H3,(H3,12,13,14);1H. The summed E-state index contributed by atoms with van der Waals surface area (Å²) >= 11 is 6.00. The van der Waals surface area contributed by atoms with Crippen LogP contribution in [-0.4, -0.2) is 17.3 Å². The van der Waals surface area contributed by atoms with Crippen LogP contribution in [0.3, 0.4) is 0 Å². The Morgan fingerprint density at radius 1 is 1.38 bits per heavy atom.